The van der Waals surface area contributed by atoms with Crippen LogP contribution in [0.25, 0.3) is 0 Å². The second kappa shape index (κ2) is 2.61. The van der Waals surface area contributed by atoms with Gasteiger partial charge >= 0.3 is 0 Å². The highest BCUT2D eigenvalue weighted by Crippen LogP contribution is 2.30. The molecule has 0 saturated carbocycles. The van der Waals surface area contributed by atoms with Gasteiger partial charge in [-0.3, -0.25) is 0 Å². The molecule has 1 aliphatic heterocycles. The molecular formula is C8H7F3N2. The smallest absolute Gasteiger partial charge is 0.282 e. The maximum atomic E-state index is 12.4. The Kier molecular flexibility index (Phi) is 1.68. The van der Waals surface area contributed by atoms with E-state index < -0.39 is 11.7 Å². The zero-order valence-electron chi connectivity index (χ0n) is 6.67. The first-order chi connectivity index (χ1) is 6.07. The summed E-state index contributed by atoms with van der Waals surface area (Å²) in [5.74, 6) is -2.68. The van der Waals surface area contributed by atoms with Crippen LogP contribution in [0, 0.1) is 5.82 Å². The first-order valence-electron chi connectivity index (χ1n) is 3.81. The summed E-state index contributed by atoms with van der Waals surface area (Å²) in [5.41, 5.74) is 0. The average Bonchev–Trinajstić information content (AvgIpc) is 2.01. The van der Waals surface area contributed by atoms with E-state index in [9.17, 15) is 13.2 Å². The van der Waals surface area contributed by atoms with Crippen molar-refractivity contribution in [3.63, 3.8) is 0 Å². The lowest BCUT2D eigenvalue weighted by Gasteiger charge is -2.39. The summed E-state index contributed by atoms with van der Waals surface area (Å²) < 4.78 is 37.2. The second-order valence-electron chi connectivity index (χ2n) is 3.05. The molecular weight excluding hydrogens is 181 g/mol. The Morgan fingerprint density at radius 1 is 1.31 bits per heavy atom. The highest BCUT2D eigenvalue weighted by molar-refractivity contribution is 5.42. The van der Waals surface area contributed by atoms with Crippen LogP contribution < -0.4 is 4.90 Å². The van der Waals surface area contributed by atoms with Crippen molar-refractivity contribution in [2.75, 3.05) is 18.0 Å². The lowest BCUT2D eigenvalue weighted by molar-refractivity contribution is -0.0267. The Labute approximate surface area is 73.0 Å². The van der Waals surface area contributed by atoms with Crippen LogP contribution >= 0.6 is 0 Å². The third kappa shape index (κ3) is 1.59. The van der Waals surface area contributed by atoms with Crippen LogP contribution in [0.1, 0.15) is 0 Å². The molecule has 0 aromatic carbocycles. The van der Waals surface area contributed by atoms with Gasteiger partial charge in [-0.1, -0.05) is 0 Å². The van der Waals surface area contributed by atoms with E-state index in [1.54, 1.807) is 0 Å². The highest BCUT2D eigenvalue weighted by atomic mass is 19.3. The highest BCUT2D eigenvalue weighted by Gasteiger charge is 2.44. The summed E-state index contributed by atoms with van der Waals surface area (Å²) in [6.07, 6.45) is 1.02. The van der Waals surface area contributed by atoms with E-state index in [0.29, 0.717) is 5.82 Å². The van der Waals surface area contributed by atoms with Gasteiger partial charge in [-0.25, -0.2) is 18.2 Å². The van der Waals surface area contributed by atoms with Crippen molar-refractivity contribution in [3.8, 4) is 0 Å². The molecule has 5 heteroatoms. The quantitative estimate of drug-likeness (QED) is 0.666. The van der Waals surface area contributed by atoms with Crippen LogP contribution in [0.2, 0.25) is 0 Å². The Bertz CT molecular complexity index is 302. The summed E-state index contributed by atoms with van der Waals surface area (Å²) >= 11 is 0. The van der Waals surface area contributed by atoms with Crippen LogP contribution in [0.15, 0.2) is 18.3 Å². The topological polar surface area (TPSA) is 16.1 Å². The predicted octanol–water partition coefficient (Wildman–Crippen LogP) is 1.68. The molecule has 0 radical (unpaired) electrons. The third-order valence-electron chi connectivity index (χ3n) is 1.88. The number of alkyl halides is 2. The van der Waals surface area contributed by atoms with Gasteiger partial charge in [0.2, 0.25) is 0 Å². The number of hydrogen-bond acceptors (Lipinski definition) is 2. The third-order valence-corrected chi connectivity index (χ3v) is 1.88. The van der Waals surface area contributed by atoms with E-state index >= 15 is 0 Å². The molecule has 0 amide bonds. The fourth-order valence-electron chi connectivity index (χ4n) is 1.23. The SMILES string of the molecule is Fc1ccc(N2CC(F)(F)C2)nc1. The monoisotopic (exact) mass is 188 g/mol. The molecule has 0 unspecified atom stereocenters. The van der Waals surface area contributed by atoms with Gasteiger partial charge in [0, 0.05) is 0 Å². The standard InChI is InChI=1S/C8H7F3N2/c9-6-1-2-7(12-3-6)13-4-8(10,11)5-13/h1-3H,4-5H2. The zero-order valence-corrected chi connectivity index (χ0v) is 6.67. The first kappa shape index (κ1) is 8.34. The maximum Gasteiger partial charge on any atom is 0.282 e. The van der Waals surface area contributed by atoms with Crippen molar-refractivity contribution in [3.05, 3.63) is 24.1 Å². The van der Waals surface area contributed by atoms with E-state index in [0.717, 1.165) is 6.20 Å². The number of halogens is 3. The Morgan fingerprint density at radius 3 is 2.46 bits per heavy atom. The molecule has 0 spiro atoms. The summed E-state index contributed by atoms with van der Waals surface area (Å²) in [4.78, 5) is 5.09. The summed E-state index contributed by atoms with van der Waals surface area (Å²) in [7, 11) is 0. The zero-order chi connectivity index (χ0) is 9.47. The van der Waals surface area contributed by atoms with E-state index in [1.807, 2.05) is 0 Å². The molecule has 1 aromatic rings. The minimum Gasteiger partial charge on any atom is -0.344 e. The molecule has 0 atom stereocenters. The summed E-state index contributed by atoms with van der Waals surface area (Å²) in [6.45, 7) is -0.655. The fourth-order valence-corrected chi connectivity index (χ4v) is 1.23. The molecule has 1 fully saturated rings. The van der Waals surface area contributed by atoms with E-state index in [4.69, 9.17) is 0 Å². The van der Waals surface area contributed by atoms with Crippen LogP contribution in [-0.4, -0.2) is 24.0 Å². The summed E-state index contributed by atoms with van der Waals surface area (Å²) in [5, 5.41) is 0. The second-order valence-corrected chi connectivity index (χ2v) is 3.05. The maximum absolute atomic E-state index is 12.4. The number of aromatic nitrogens is 1. The van der Waals surface area contributed by atoms with Gasteiger partial charge in [-0.15, -0.1) is 0 Å². The predicted molar refractivity (Wildman–Crippen MR) is 41.4 cm³/mol. The molecule has 0 N–H and O–H groups in total. The van der Waals surface area contributed by atoms with Crippen molar-refractivity contribution in [1.29, 1.82) is 0 Å². The van der Waals surface area contributed by atoms with Crippen LogP contribution in [0.3, 0.4) is 0 Å². The minimum atomic E-state index is -2.62. The van der Waals surface area contributed by atoms with Crippen molar-refractivity contribution < 1.29 is 13.2 Å². The van der Waals surface area contributed by atoms with Crippen molar-refractivity contribution >= 4 is 5.82 Å². The van der Waals surface area contributed by atoms with Crippen LogP contribution in [0.4, 0.5) is 19.0 Å². The van der Waals surface area contributed by atoms with Gasteiger partial charge in [0.05, 0.1) is 19.3 Å². The first-order valence-corrected chi connectivity index (χ1v) is 3.81. The van der Waals surface area contributed by atoms with Gasteiger partial charge < -0.3 is 4.90 Å². The minimum absolute atomic E-state index is 0.328. The molecule has 13 heavy (non-hydrogen) atoms. The molecule has 1 aliphatic rings. The fraction of sp³-hybridized carbons (Fsp3) is 0.375. The molecule has 2 heterocycles. The van der Waals surface area contributed by atoms with Crippen molar-refractivity contribution in [1.82, 2.24) is 4.98 Å². The van der Waals surface area contributed by atoms with Gasteiger partial charge in [0.1, 0.15) is 11.6 Å². The van der Waals surface area contributed by atoms with Gasteiger partial charge in [0.15, 0.2) is 0 Å². The van der Waals surface area contributed by atoms with Gasteiger partial charge in [0.25, 0.3) is 5.92 Å². The van der Waals surface area contributed by atoms with E-state index in [-0.39, 0.29) is 13.1 Å². The Hall–Kier alpha value is -1.26. The van der Waals surface area contributed by atoms with Gasteiger partial charge in [-0.05, 0) is 12.1 Å². The Morgan fingerprint density at radius 2 is 2.00 bits per heavy atom. The molecule has 0 aliphatic carbocycles. The van der Waals surface area contributed by atoms with Crippen molar-refractivity contribution in [2.45, 2.75) is 5.92 Å². The molecule has 2 nitrogen and oxygen atoms in total. The van der Waals surface area contributed by atoms with Gasteiger partial charge in [-0.2, -0.15) is 0 Å². The number of rotatable bonds is 1. The molecule has 1 aromatic heterocycles. The number of anilines is 1. The van der Waals surface area contributed by atoms with Crippen molar-refractivity contribution in [2.24, 2.45) is 0 Å². The Balaban J connectivity index is 2.08. The summed E-state index contributed by atoms with van der Waals surface area (Å²) in [6, 6.07) is 2.60. The van der Waals surface area contributed by atoms with Crippen LogP contribution in [-0.2, 0) is 0 Å². The lowest BCUT2D eigenvalue weighted by Crippen LogP contribution is -2.56. The largest absolute Gasteiger partial charge is 0.344 e. The molecule has 0 bridgehead atoms. The average molecular weight is 188 g/mol. The number of hydrogen-bond donors (Lipinski definition) is 0. The normalized spacial score (nSPS) is 19.8. The molecule has 2 rings (SSSR count). The lowest BCUT2D eigenvalue weighted by atomic mass is 10.1. The number of nitrogens with zero attached hydrogens (tertiary/aromatic N) is 2. The molecule has 70 valence electrons. The molecule has 1 saturated heterocycles. The van der Waals surface area contributed by atoms with E-state index in [1.165, 1.54) is 17.0 Å². The van der Waals surface area contributed by atoms with Crippen LogP contribution in [0.5, 0.6) is 0 Å². The number of pyridine rings is 1. The van der Waals surface area contributed by atoms with E-state index in [2.05, 4.69) is 4.98 Å².